The van der Waals surface area contributed by atoms with Crippen molar-refractivity contribution in [2.24, 2.45) is 5.73 Å². The summed E-state index contributed by atoms with van der Waals surface area (Å²) in [6, 6.07) is 4.96. The minimum absolute atomic E-state index is 0.0615. The van der Waals surface area contributed by atoms with Crippen molar-refractivity contribution >= 4 is 29.1 Å². The second kappa shape index (κ2) is 8.19. The molecule has 0 radical (unpaired) electrons. The molecule has 0 aliphatic rings. The molecule has 0 bridgehead atoms. The lowest BCUT2D eigenvalue weighted by Gasteiger charge is -2.08. The second-order valence-corrected chi connectivity index (χ2v) is 4.51. The first-order valence-electron chi connectivity index (χ1n) is 5.68. The highest BCUT2D eigenvalue weighted by molar-refractivity contribution is 6.35. The van der Waals surface area contributed by atoms with Gasteiger partial charge in [-0.1, -0.05) is 23.2 Å². The van der Waals surface area contributed by atoms with Crippen LogP contribution in [0, 0.1) is 0 Å². The van der Waals surface area contributed by atoms with E-state index in [1.807, 2.05) is 0 Å². The molecule has 6 heteroatoms. The van der Waals surface area contributed by atoms with Crippen molar-refractivity contribution in [3.63, 3.8) is 0 Å². The minimum Gasteiger partial charge on any atom is -0.491 e. The van der Waals surface area contributed by atoms with E-state index in [1.165, 1.54) is 0 Å². The minimum atomic E-state index is -0.0615. The summed E-state index contributed by atoms with van der Waals surface area (Å²) in [6.07, 6.45) is 1.05. The highest BCUT2D eigenvalue weighted by Gasteiger charge is 2.04. The molecule has 1 amide bonds. The summed E-state index contributed by atoms with van der Waals surface area (Å²) in [6.45, 7) is 1.43. The Labute approximate surface area is 116 Å². The number of ether oxygens (including phenoxy) is 1. The van der Waals surface area contributed by atoms with Gasteiger partial charge in [0.15, 0.2) is 0 Å². The van der Waals surface area contributed by atoms with E-state index in [0.29, 0.717) is 28.9 Å². The van der Waals surface area contributed by atoms with Crippen LogP contribution in [0.2, 0.25) is 10.0 Å². The summed E-state index contributed by atoms with van der Waals surface area (Å²) < 4.78 is 5.39. The fourth-order valence-corrected chi connectivity index (χ4v) is 1.73. The SMILES string of the molecule is NCCCNC(=O)CCOc1ccc(Cl)cc1Cl. The van der Waals surface area contributed by atoms with E-state index in [9.17, 15) is 4.79 Å². The van der Waals surface area contributed by atoms with Crippen LogP contribution in [0.25, 0.3) is 0 Å². The normalized spacial score (nSPS) is 10.2. The van der Waals surface area contributed by atoms with Gasteiger partial charge >= 0.3 is 0 Å². The molecule has 0 saturated heterocycles. The van der Waals surface area contributed by atoms with Gasteiger partial charge in [-0.15, -0.1) is 0 Å². The molecular formula is C12H16Cl2N2O2. The molecule has 0 heterocycles. The lowest BCUT2D eigenvalue weighted by molar-refractivity contribution is -0.121. The van der Waals surface area contributed by atoms with Gasteiger partial charge in [-0.3, -0.25) is 4.79 Å². The first-order valence-corrected chi connectivity index (χ1v) is 6.43. The molecule has 0 saturated carbocycles. The van der Waals surface area contributed by atoms with Crippen molar-refractivity contribution in [3.8, 4) is 5.75 Å². The van der Waals surface area contributed by atoms with Gasteiger partial charge in [0.1, 0.15) is 5.75 Å². The zero-order valence-electron chi connectivity index (χ0n) is 9.92. The van der Waals surface area contributed by atoms with E-state index >= 15 is 0 Å². The number of hydrogen-bond acceptors (Lipinski definition) is 3. The zero-order chi connectivity index (χ0) is 13.4. The van der Waals surface area contributed by atoms with E-state index in [4.69, 9.17) is 33.7 Å². The molecule has 0 spiro atoms. The molecule has 3 N–H and O–H groups in total. The molecule has 0 aliphatic carbocycles. The lowest BCUT2D eigenvalue weighted by Crippen LogP contribution is -2.27. The monoisotopic (exact) mass is 290 g/mol. The molecule has 0 aliphatic heterocycles. The van der Waals surface area contributed by atoms with Gasteiger partial charge in [-0.2, -0.15) is 0 Å². The maximum Gasteiger partial charge on any atom is 0.223 e. The quantitative estimate of drug-likeness (QED) is 0.757. The fourth-order valence-electron chi connectivity index (χ4n) is 1.26. The van der Waals surface area contributed by atoms with Crippen LogP contribution in [0.5, 0.6) is 5.75 Å². The first kappa shape index (κ1) is 15.1. The molecule has 0 fully saturated rings. The first-order chi connectivity index (χ1) is 8.63. The standard InChI is InChI=1S/C12H16Cl2N2O2/c13-9-2-3-11(10(14)8-9)18-7-4-12(17)16-6-1-5-15/h2-3,8H,1,4-7,15H2,(H,16,17). The van der Waals surface area contributed by atoms with E-state index in [-0.39, 0.29) is 18.9 Å². The summed E-state index contributed by atoms with van der Waals surface area (Å²) in [4.78, 5) is 11.4. The van der Waals surface area contributed by atoms with Crippen molar-refractivity contribution in [1.82, 2.24) is 5.32 Å². The summed E-state index contributed by atoms with van der Waals surface area (Å²) in [7, 11) is 0. The summed E-state index contributed by atoms with van der Waals surface area (Å²) in [5.74, 6) is 0.462. The van der Waals surface area contributed by atoms with Crippen LogP contribution in [-0.2, 0) is 4.79 Å². The number of halogens is 2. The average Bonchev–Trinajstić information content (AvgIpc) is 2.32. The molecule has 1 rings (SSSR count). The van der Waals surface area contributed by atoms with Gasteiger partial charge < -0.3 is 15.8 Å². The molecule has 0 aromatic heterocycles. The van der Waals surface area contributed by atoms with Crippen LogP contribution in [0.4, 0.5) is 0 Å². The Morgan fingerprint density at radius 1 is 1.39 bits per heavy atom. The van der Waals surface area contributed by atoms with Crippen LogP contribution < -0.4 is 15.8 Å². The van der Waals surface area contributed by atoms with Crippen molar-refractivity contribution in [1.29, 1.82) is 0 Å². The summed E-state index contributed by atoms with van der Waals surface area (Å²) >= 11 is 11.7. The largest absolute Gasteiger partial charge is 0.491 e. The number of carbonyl (C=O) groups excluding carboxylic acids is 1. The predicted molar refractivity (Wildman–Crippen MR) is 73.3 cm³/mol. The Morgan fingerprint density at radius 3 is 2.83 bits per heavy atom. The molecule has 0 unspecified atom stereocenters. The van der Waals surface area contributed by atoms with Gasteiger partial charge in [0.2, 0.25) is 5.91 Å². The number of nitrogens with one attached hydrogen (secondary N) is 1. The predicted octanol–water partition coefficient (Wildman–Crippen LogP) is 2.23. The highest BCUT2D eigenvalue weighted by Crippen LogP contribution is 2.27. The molecule has 1 aromatic rings. The van der Waals surface area contributed by atoms with Crippen molar-refractivity contribution in [3.05, 3.63) is 28.2 Å². The Balaban J connectivity index is 2.26. The van der Waals surface area contributed by atoms with Crippen LogP contribution >= 0.6 is 23.2 Å². The molecular weight excluding hydrogens is 275 g/mol. The lowest BCUT2D eigenvalue weighted by atomic mass is 10.3. The Hall–Kier alpha value is -0.970. The van der Waals surface area contributed by atoms with Crippen LogP contribution in [0.3, 0.4) is 0 Å². The third-order valence-corrected chi connectivity index (χ3v) is 2.71. The molecule has 1 aromatic carbocycles. The van der Waals surface area contributed by atoms with Crippen molar-refractivity contribution in [2.75, 3.05) is 19.7 Å². The molecule has 4 nitrogen and oxygen atoms in total. The van der Waals surface area contributed by atoms with Crippen LogP contribution in [0.15, 0.2) is 18.2 Å². The van der Waals surface area contributed by atoms with Gasteiger partial charge in [-0.25, -0.2) is 0 Å². The molecule has 18 heavy (non-hydrogen) atoms. The number of benzene rings is 1. The van der Waals surface area contributed by atoms with Crippen molar-refractivity contribution in [2.45, 2.75) is 12.8 Å². The molecule has 0 atom stereocenters. The van der Waals surface area contributed by atoms with E-state index in [1.54, 1.807) is 18.2 Å². The van der Waals surface area contributed by atoms with Crippen molar-refractivity contribution < 1.29 is 9.53 Å². The summed E-state index contributed by atoms with van der Waals surface area (Å²) in [5, 5.41) is 3.72. The van der Waals surface area contributed by atoms with E-state index in [0.717, 1.165) is 6.42 Å². The zero-order valence-corrected chi connectivity index (χ0v) is 11.4. The van der Waals surface area contributed by atoms with Gasteiger partial charge in [0, 0.05) is 11.6 Å². The molecule has 100 valence electrons. The van der Waals surface area contributed by atoms with E-state index in [2.05, 4.69) is 5.32 Å². The van der Waals surface area contributed by atoms with E-state index < -0.39 is 0 Å². The maximum atomic E-state index is 11.4. The Kier molecular flexibility index (Phi) is 6.86. The Bertz CT molecular complexity index is 400. The topological polar surface area (TPSA) is 64.3 Å². The number of nitrogens with two attached hydrogens (primary N) is 1. The van der Waals surface area contributed by atoms with Crippen LogP contribution in [-0.4, -0.2) is 25.6 Å². The smallest absolute Gasteiger partial charge is 0.223 e. The van der Waals surface area contributed by atoms with Gasteiger partial charge in [0.05, 0.1) is 18.1 Å². The number of carbonyl (C=O) groups is 1. The maximum absolute atomic E-state index is 11.4. The highest BCUT2D eigenvalue weighted by atomic mass is 35.5. The second-order valence-electron chi connectivity index (χ2n) is 3.67. The average molecular weight is 291 g/mol. The number of hydrogen-bond donors (Lipinski definition) is 2. The number of amides is 1. The summed E-state index contributed by atoms with van der Waals surface area (Å²) in [5.41, 5.74) is 5.32. The fraction of sp³-hybridized carbons (Fsp3) is 0.417. The number of rotatable bonds is 7. The Morgan fingerprint density at radius 2 is 2.17 bits per heavy atom. The third-order valence-electron chi connectivity index (χ3n) is 2.18. The third kappa shape index (κ3) is 5.58. The van der Waals surface area contributed by atoms with Crippen LogP contribution in [0.1, 0.15) is 12.8 Å². The van der Waals surface area contributed by atoms with Gasteiger partial charge in [-0.05, 0) is 31.2 Å². The van der Waals surface area contributed by atoms with Gasteiger partial charge in [0.25, 0.3) is 0 Å².